The monoisotopic (exact) mass is 577 g/mol. The molecule has 0 heterocycles. The van der Waals surface area contributed by atoms with E-state index >= 15 is 0 Å². The second kappa shape index (κ2) is 35.4. The van der Waals surface area contributed by atoms with Crippen LogP contribution in [-0.2, 0) is 9.53 Å². The number of carbonyl (C=O) groups excluding carboxylic acids is 1. The Morgan fingerprint density at radius 3 is 1.12 bits per heavy atom. The first-order chi connectivity index (χ1) is 20.3. The predicted octanol–water partition coefficient (Wildman–Crippen LogP) is 14.0. The van der Waals surface area contributed by atoms with Crippen LogP contribution in [0.25, 0.3) is 0 Å². The molecule has 0 amide bonds. The van der Waals surface area contributed by atoms with Crippen molar-refractivity contribution in [2.75, 3.05) is 6.61 Å². The van der Waals surface area contributed by atoms with Gasteiger partial charge in [0.15, 0.2) is 0 Å². The number of unbranched alkanes of at least 4 members (excludes halogenated alkanes) is 28. The lowest BCUT2D eigenvalue weighted by atomic mass is 10.0. The zero-order valence-electron chi connectivity index (χ0n) is 28.7. The third-order valence-electron chi connectivity index (χ3n) is 8.74. The van der Waals surface area contributed by atoms with E-state index in [-0.39, 0.29) is 5.97 Å². The minimum atomic E-state index is -0.0241. The van der Waals surface area contributed by atoms with Gasteiger partial charge in [-0.25, -0.2) is 4.79 Å². The van der Waals surface area contributed by atoms with Crippen LogP contribution >= 0.6 is 0 Å². The molecule has 2 heteroatoms. The maximum atomic E-state index is 12.9. The van der Waals surface area contributed by atoms with Gasteiger partial charge < -0.3 is 4.74 Å². The highest BCUT2D eigenvalue weighted by molar-refractivity contribution is 5.88. The Balaban J connectivity index is 4.15. The Morgan fingerprint density at radius 1 is 0.415 bits per heavy atom. The van der Waals surface area contributed by atoms with E-state index in [0.717, 1.165) is 31.3 Å². The lowest BCUT2D eigenvalue weighted by Crippen LogP contribution is -2.09. The summed E-state index contributed by atoms with van der Waals surface area (Å²) >= 11 is 0. The molecule has 0 aromatic heterocycles. The normalized spacial score (nSPS) is 11.8. The van der Waals surface area contributed by atoms with Gasteiger partial charge in [0.05, 0.1) is 6.61 Å². The van der Waals surface area contributed by atoms with Crippen LogP contribution in [0, 0.1) is 0 Å². The van der Waals surface area contributed by atoms with Gasteiger partial charge in [-0.2, -0.15) is 0 Å². The lowest BCUT2D eigenvalue weighted by molar-refractivity contribution is -0.139. The van der Waals surface area contributed by atoms with Crippen LogP contribution in [0.3, 0.4) is 0 Å². The summed E-state index contributed by atoms with van der Waals surface area (Å²) < 4.78 is 5.76. The summed E-state index contributed by atoms with van der Waals surface area (Å²) in [4.78, 5) is 12.9. The first kappa shape index (κ1) is 40.2. The summed E-state index contributed by atoms with van der Waals surface area (Å²) in [7, 11) is 0. The first-order valence-corrected chi connectivity index (χ1v) is 19.1. The molecule has 0 radical (unpaired) electrons. The van der Waals surface area contributed by atoms with E-state index in [4.69, 9.17) is 4.74 Å². The molecule has 41 heavy (non-hydrogen) atoms. The highest BCUT2D eigenvalue weighted by Crippen LogP contribution is 2.18. The van der Waals surface area contributed by atoms with Crippen LogP contribution in [0.5, 0.6) is 0 Å². The van der Waals surface area contributed by atoms with Crippen LogP contribution in [0.2, 0.25) is 0 Å². The standard InChI is InChI=1S/C39H76O2/c1-4-7-10-13-16-19-22-24-27-30-33-36-38(35-32-29-26-23-20-17-14-11-8-5-2)39(40)41-37-34-31-28-25-21-18-15-12-9-6-3/h36H,4-35,37H2,1-3H3. The predicted molar refractivity (Wildman–Crippen MR) is 184 cm³/mol. The number of carbonyl (C=O) groups is 1. The second-order valence-electron chi connectivity index (χ2n) is 12.9. The SMILES string of the molecule is CCCCCCCCCCCCC=C(CCCCCCCCCCCC)C(=O)OCCCCCCCCCCCC. The van der Waals surface area contributed by atoms with Crippen LogP contribution < -0.4 is 0 Å². The number of rotatable bonds is 34. The van der Waals surface area contributed by atoms with Gasteiger partial charge in [0.2, 0.25) is 0 Å². The molecule has 0 aliphatic rings. The molecule has 0 saturated heterocycles. The van der Waals surface area contributed by atoms with Gasteiger partial charge in [-0.05, 0) is 32.1 Å². The molecule has 0 atom stereocenters. The average Bonchev–Trinajstić information content (AvgIpc) is 2.98. The van der Waals surface area contributed by atoms with Crippen molar-refractivity contribution >= 4 is 5.97 Å². The van der Waals surface area contributed by atoms with Crippen molar-refractivity contribution in [3.63, 3.8) is 0 Å². The fraction of sp³-hybridized carbons (Fsp3) is 0.923. The zero-order chi connectivity index (χ0) is 29.9. The molecule has 2 nitrogen and oxygen atoms in total. The maximum absolute atomic E-state index is 12.9. The minimum absolute atomic E-state index is 0.0241. The van der Waals surface area contributed by atoms with Crippen molar-refractivity contribution in [2.24, 2.45) is 0 Å². The molecule has 0 unspecified atom stereocenters. The van der Waals surface area contributed by atoms with Crippen molar-refractivity contribution in [1.29, 1.82) is 0 Å². The Morgan fingerprint density at radius 2 is 0.732 bits per heavy atom. The number of allylic oxidation sites excluding steroid dienone is 1. The Labute approximate surface area is 259 Å². The van der Waals surface area contributed by atoms with Gasteiger partial charge >= 0.3 is 5.97 Å². The summed E-state index contributed by atoms with van der Waals surface area (Å²) in [6.07, 6.45) is 44.3. The molecule has 0 aromatic rings. The van der Waals surface area contributed by atoms with Gasteiger partial charge in [0.1, 0.15) is 0 Å². The van der Waals surface area contributed by atoms with E-state index in [9.17, 15) is 4.79 Å². The summed E-state index contributed by atoms with van der Waals surface area (Å²) in [6.45, 7) is 7.45. The summed E-state index contributed by atoms with van der Waals surface area (Å²) in [5.74, 6) is -0.0241. The van der Waals surface area contributed by atoms with Gasteiger partial charge in [0, 0.05) is 5.57 Å². The van der Waals surface area contributed by atoms with Gasteiger partial charge in [-0.3, -0.25) is 0 Å². The van der Waals surface area contributed by atoms with Crippen LogP contribution in [-0.4, -0.2) is 12.6 Å². The van der Waals surface area contributed by atoms with Crippen molar-refractivity contribution in [2.45, 2.75) is 226 Å². The summed E-state index contributed by atoms with van der Waals surface area (Å²) in [5, 5.41) is 0. The van der Waals surface area contributed by atoms with Gasteiger partial charge in [0.25, 0.3) is 0 Å². The number of hydrogen-bond acceptors (Lipinski definition) is 2. The van der Waals surface area contributed by atoms with Crippen molar-refractivity contribution in [3.8, 4) is 0 Å². The summed E-state index contributed by atoms with van der Waals surface area (Å²) in [6, 6.07) is 0. The number of hydrogen-bond donors (Lipinski definition) is 0. The van der Waals surface area contributed by atoms with E-state index < -0.39 is 0 Å². The Hall–Kier alpha value is -0.790. The number of ether oxygens (including phenoxy) is 1. The average molecular weight is 577 g/mol. The highest BCUT2D eigenvalue weighted by atomic mass is 16.5. The van der Waals surface area contributed by atoms with Crippen LogP contribution in [0.4, 0.5) is 0 Å². The molecule has 0 aliphatic carbocycles. The smallest absolute Gasteiger partial charge is 0.333 e. The fourth-order valence-electron chi connectivity index (χ4n) is 5.85. The molecule has 0 aromatic carbocycles. The Bertz CT molecular complexity index is 538. The van der Waals surface area contributed by atoms with E-state index in [0.29, 0.717) is 6.61 Å². The lowest BCUT2D eigenvalue weighted by Gasteiger charge is -2.10. The second-order valence-corrected chi connectivity index (χ2v) is 12.9. The van der Waals surface area contributed by atoms with E-state index in [1.54, 1.807) is 0 Å². The third-order valence-corrected chi connectivity index (χ3v) is 8.74. The molecule has 0 rings (SSSR count). The molecule has 0 fully saturated rings. The van der Waals surface area contributed by atoms with Crippen molar-refractivity contribution < 1.29 is 9.53 Å². The molecule has 0 saturated carbocycles. The molecular formula is C39H76O2. The molecule has 0 spiro atoms. The Kier molecular flexibility index (Phi) is 34.7. The quantitative estimate of drug-likeness (QED) is 0.0432. The molecule has 0 bridgehead atoms. The maximum Gasteiger partial charge on any atom is 0.333 e. The minimum Gasteiger partial charge on any atom is -0.462 e. The zero-order valence-corrected chi connectivity index (χ0v) is 28.7. The van der Waals surface area contributed by atoms with Gasteiger partial charge in [-0.1, -0.05) is 200 Å². The summed E-state index contributed by atoms with van der Waals surface area (Å²) in [5.41, 5.74) is 0.965. The van der Waals surface area contributed by atoms with E-state index in [1.807, 2.05) is 0 Å². The van der Waals surface area contributed by atoms with Crippen molar-refractivity contribution in [1.82, 2.24) is 0 Å². The van der Waals surface area contributed by atoms with E-state index in [2.05, 4.69) is 26.8 Å². The van der Waals surface area contributed by atoms with Gasteiger partial charge in [-0.15, -0.1) is 0 Å². The molecular weight excluding hydrogens is 500 g/mol. The highest BCUT2D eigenvalue weighted by Gasteiger charge is 2.11. The molecule has 0 N–H and O–H groups in total. The van der Waals surface area contributed by atoms with Crippen molar-refractivity contribution in [3.05, 3.63) is 11.6 Å². The number of esters is 1. The topological polar surface area (TPSA) is 26.3 Å². The first-order valence-electron chi connectivity index (χ1n) is 19.1. The van der Waals surface area contributed by atoms with Crippen LogP contribution in [0.1, 0.15) is 226 Å². The van der Waals surface area contributed by atoms with E-state index in [1.165, 1.54) is 180 Å². The van der Waals surface area contributed by atoms with Crippen LogP contribution in [0.15, 0.2) is 11.6 Å². The molecule has 0 aliphatic heterocycles. The third kappa shape index (κ3) is 32.0. The largest absolute Gasteiger partial charge is 0.462 e. The fourth-order valence-corrected chi connectivity index (χ4v) is 5.85. The molecule has 244 valence electrons.